The van der Waals surface area contributed by atoms with Gasteiger partial charge in [-0.2, -0.15) is 12.8 Å². The van der Waals surface area contributed by atoms with Crippen molar-refractivity contribution in [3.8, 4) is 0 Å². The van der Waals surface area contributed by atoms with Crippen LogP contribution in [0.2, 0.25) is 0 Å². The molecule has 3 nitrogen and oxygen atoms in total. The molecule has 0 unspecified atom stereocenters. The summed E-state index contributed by atoms with van der Waals surface area (Å²) in [5.74, 6) is 0. The Morgan fingerprint density at radius 1 is 1.23 bits per heavy atom. The highest BCUT2D eigenvalue weighted by atomic mass is 32.2. The number of aryl methyl sites for hydroxylation is 1. The lowest BCUT2D eigenvalue weighted by Gasteiger charge is -2.01. The van der Waals surface area contributed by atoms with E-state index in [1.54, 1.807) is 12.1 Å². The van der Waals surface area contributed by atoms with Gasteiger partial charge in [0.05, 0.1) is 4.90 Å². The molecule has 0 saturated carbocycles. The molecule has 0 bridgehead atoms. The second-order valence-corrected chi connectivity index (χ2v) is 4.51. The first-order valence-corrected chi connectivity index (χ1v) is 5.51. The van der Waals surface area contributed by atoms with Crippen LogP contribution in [-0.2, 0) is 16.4 Å². The summed E-state index contributed by atoms with van der Waals surface area (Å²) in [6.07, 6.45) is 2.91. The summed E-state index contributed by atoms with van der Waals surface area (Å²) in [7, 11) is -3.41. The fraction of sp³-hybridized carbons (Fsp3) is 0.222. The van der Waals surface area contributed by atoms with Crippen molar-refractivity contribution in [2.45, 2.75) is 17.7 Å². The van der Waals surface area contributed by atoms with Gasteiger partial charge in [-0.1, -0.05) is 18.2 Å². The molecule has 0 N–H and O–H groups in total. The number of nitrogens with zero attached hydrogens (tertiary/aromatic N) is 1. The first-order valence-electron chi connectivity index (χ1n) is 4.07. The van der Waals surface area contributed by atoms with E-state index in [4.69, 9.17) is 0 Å². The monoisotopic (exact) mass is 195 g/mol. The van der Waals surface area contributed by atoms with E-state index < -0.39 is 10.0 Å². The second kappa shape index (κ2) is 2.96. The topological polar surface area (TPSA) is 46.5 Å². The Morgan fingerprint density at radius 3 is 2.85 bits per heavy atom. The van der Waals surface area contributed by atoms with E-state index in [2.05, 4.69) is 4.40 Å². The Labute approximate surface area is 77.2 Å². The number of hydrogen-bond acceptors (Lipinski definition) is 2. The van der Waals surface area contributed by atoms with E-state index in [0.29, 0.717) is 11.3 Å². The lowest BCUT2D eigenvalue weighted by molar-refractivity contribution is 0.597. The maximum Gasteiger partial charge on any atom is 0.282 e. The van der Waals surface area contributed by atoms with Crippen LogP contribution >= 0.6 is 0 Å². The third-order valence-electron chi connectivity index (χ3n) is 2.01. The van der Waals surface area contributed by atoms with E-state index in [1.807, 2.05) is 12.1 Å². The van der Waals surface area contributed by atoms with Crippen LogP contribution in [0.15, 0.2) is 33.6 Å². The van der Waals surface area contributed by atoms with Crippen LogP contribution in [-0.4, -0.2) is 14.6 Å². The molecule has 0 aliphatic carbocycles. The number of hydrogen-bond donors (Lipinski definition) is 0. The summed E-state index contributed by atoms with van der Waals surface area (Å²) in [4.78, 5) is 0.351. The molecule has 68 valence electrons. The minimum absolute atomic E-state index is 0.351. The average molecular weight is 195 g/mol. The zero-order chi connectivity index (χ0) is 9.31. The predicted molar refractivity (Wildman–Crippen MR) is 50.4 cm³/mol. The molecule has 1 aromatic carbocycles. The fourth-order valence-corrected chi connectivity index (χ4v) is 2.56. The third-order valence-corrected chi connectivity index (χ3v) is 3.39. The number of benzene rings is 1. The molecule has 2 rings (SSSR count). The second-order valence-electron chi connectivity index (χ2n) is 2.91. The van der Waals surface area contributed by atoms with Gasteiger partial charge in [0.2, 0.25) is 0 Å². The van der Waals surface area contributed by atoms with E-state index in [9.17, 15) is 8.42 Å². The Morgan fingerprint density at radius 2 is 2.00 bits per heavy atom. The SMILES string of the molecule is O=S1(=O)N=CCCc2ccccc21. The molecular formula is C9H9NO2S. The van der Waals surface area contributed by atoms with Crippen molar-refractivity contribution >= 4 is 16.2 Å². The highest BCUT2D eigenvalue weighted by molar-refractivity contribution is 7.90. The quantitative estimate of drug-likeness (QED) is 0.628. The van der Waals surface area contributed by atoms with Crippen molar-refractivity contribution in [1.29, 1.82) is 0 Å². The standard InChI is InChI=1S/C9H9NO2S/c11-13(12)9-6-2-1-4-8(9)5-3-7-10-13/h1-2,4,6-7H,3,5H2. The van der Waals surface area contributed by atoms with E-state index in [0.717, 1.165) is 12.0 Å². The van der Waals surface area contributed by atoms with E-state index >= 15 is 0 Å². The van der Waals surface area contributed by atoms with Gasteiger partial charge in [-0.3, -0.25) is 0 Å². The van der Waals surface area contributed by atoms with Crippen LogP contribution in [0.1, 0.15) is 12.0 Å². The Hall–Kier alpha value is -1.16. The van der Waals surface area contributed by atoms with Crippen molar-refractivity contribution in [2.24, 2.45) is 4.40 Å². The van der Waals surface area contributed by atoms with Crippen LogP contribution in [0.5, 0.6) is 0 Å². The van der Waals surface area contributed by atoms with Crippen molar-refractivity contribution < 1.29 is 8.42 Å². The summed E-state index contributed by atoms with van der Waals surface area (Å²) in [6.45, 7) is 0. The van der Waals surface area contributed by atoms with Gasteiger partial charge >= 0.3 is 0 Å². The van der Waals surface area contributed by atoms with Crippen molar-refractivity contribution in [1.82, 2.24) is 0 Å². The maximum atomic E-state index is 11.5. The molecule has 0 radical (unpaired) electrons. The summed E-state index contributed by atoms with van der Waals surface area (Å²) in [5.41, 5.74) is 0.861. The molecule has 0 fully saturated rings. The fourth-order valence-electron chi connectivity index (χ4n) is 1.39. The molecule has 0 saturated heterocycles. The van der Waals surface area contributed by atoms with Crippen LogP contribution < -0.4 is 0 Å². The Kier molecular flexibility index (Phi) is 1.92. The van der Waals surface area contributed by atoms with Gasteiger partial charge in [0.1, 0.15) is 0 Å². The third kappa shape index (κ3) is 1.49. The van der Waals surface area contributed by atoms with Crippen LogP contribution in [0.3, 0.4) is 0 Å². The largest absolute Gasteiger partial charge is 0.282 e. The molecule has 1 aliphatic rings. The molecule has 0 spiro atoms. The van der Waals surface area contributed by atoms with Gasteiger partial charge in [-0.25, -0.2) is 0 Å². The Bertz CT molecular complexity index is 448. The van der Waals surface area contributed by atoms with E-state index in [1.165, 1.54) is 6.21 Å². The predicted octanol–water partition coefficient (Wildman–Crippen LogP) is 1.39. The van der Waals surface area contributed by atoms with Gasteiger partial charge in [0, 0.05) is 6.21 Å². The van der Waals surface area contributed by atoms with Gasteiger partial charge in [-0.15, -0.1) is 0 Å². The number of fused-ring (bicyclic) bond motifs is 1. The molecule has 1 aliphatic heterocycles. The number of sulfonamides is 1. The smallest absolute Gasteiger partial charge is 0.199 e. The summed E-state index contributed by atoms with van der Waals surface area (Å²) in [6, 6.07) is 7.01. The van der Waals surface area contributed by atoms with Crippen molar-refractivity contribution in [3.05, 3.63) is 29.8 Å². The van der Waals surface area contributed by atoms with Gasteiger partial charge in [0.25, 0.3) is 10.0 Å². The van der Waals surface area contributed by atoms with Crippen molar-refractivity contribution in [3.63, 3.8) is 0 Å². The minimum atomic E-state index is -3.41. The lowest BCUT2D eigenvalue weighted by Crippen LogP contribution is -1.98. The molecule has 0 aromatic heterocycles. The first-order chi connectivity index (χ1) is 6.20. The molecular weight excluding hydrogens is 186 g/mol. The summed E-state index contributed by atoms with van der Waals surface area (Å²) < 4.78 is 26.5. The molecule has 13 heavy (non-hydrogen) atoms. The normalized spacial score (nSPS) is 19.1. The van der Waals surface area contributed by atoms with Gasteiger partial charge in [0.15, 0.2) is 0 Å². The minimum Gasteiger partial charge on any atom is -0.199 e. The average Bonchev–Trinajstić information content (AvgIpc) is 2.26. The zero-order valence-corrected chi connectivity index (χ0v) is 7.79. The van der Waals surface area contributed by atoms with E-state index in [-0.39, 0.29) is 0 Å². The highest BCUT2D eigenvalue weighted by Crippen LogP contribution is 2.21. The molecule has 1 aromatic rings. The first kappa shape index (κ1) is 8.44. The highest BCUT2D eigenvalue weighted by Gasteiger charge is 2.17. The van der Waals surface area contributed by atoms with Crippen LogP contribution in [0, 0.1) is 0 Å². The molecule has 0 atom stereocenters. The summed E-state index contributed by atoms with van der Waals surface area (Å²) >= 11 is 0. The van der Waals surface area contributed by atoms with Gasteiger partial charge < -0.3 is 0 Å². The lowest BCUT2D eigenvalue weighted by atomic mass is 10.1. The van der Waals surface area contributed by atoms with Crippen LogP contribution in [0.4, 0.5) is 0 Å². The van der Waals surface area contributed by atoms with Gasteiger partial charge in [-0.05, 0) is 24.5 Å². The zero-order valence-electron chi connectivity index (χ0n) is 6.97. The molecule has 0 amide bonds. The number of rotatable bonds is 0. The van der Waals surface area contributed by atoms with Crippen LogP contribution in [0.25, 0.3) is 0 Å². The Balaban J connectivity index is 2.70. The molecule has 4 heteroatoms. The van der Waals surface area contributed by atoms with Crippen molar-refractivity contribution in [2.75, 3.05) is 0 Å². The molecule has 1 heterocycles. The summed E-state index contributed by atoms with van der Waals surface area (Å²) in [5, 5.41) is 0. The maximum absolute atomic E-state index is 11.5.